The zero-order valence-corrected chi connectivity index (χ0v) is 13.9. The molecule has 1 fully saturated rings. The van der Waals surface area contributed by atoms with Gasteiger partial charge in [0.05, 0.1) is 17.5 Å². The van der Waals surface area contributed by atoms with Crippen LogP contribution in [-0.4, -0.2) is 17.6 Å². The molecule has 0 saturated heterocycles. The second kappa shape index (κ2) is 7.03. The topological polar surface area (TPSA) is 75.3 Å². The quantitative estimate of drug-likeness (QED) is 0.805. The Labute approximate surface area is 148 Å². The van der Waals surface area contributed by atoms with Crippen molar-refractivity contribution >= 4 is 29.0 Å². The molecule has 1 saturated carbocycles. The molecule has 26 heavy (non-hydrogen) atoms. The highest BCUT2D eigenvalue weighted by atomic mass is 19.1. The molecule has 2 unspecified atom stereocenters. The van der Waals surface area contributed by atoms with Gasteiger partial charge < -0.3 is 10.6 Å². The van der Waals surface area contributed by atoms with Crippen LogP contribution in [0.4, 0.5) is 20.2 Å². The molecule has 134 valence electrons. The lowest BCUT2D eigenvalue weighted by molar-refractivity contribution is -0.122. The molecule has 1 aliphatic carbocycles. The number of halogens is 2. The fraction of sp³-hybridized carbons (Fsp3) is 0.211. The smallest absolute Gasteiger partial charge is 0.228 e. The summed E-state index contributed by atoms with van der Waals surface area (Å²) in [4.78, 5) is 35.7. The first-order valence-electron chi connectivity index (χ1n) is 8.03. The number of rotatable bonds is 5. The van der Waals surface area contributed by atoms with Crippen LogP contribution in [0.5, 0.6) is 0 Å². The predicted octanol–water partition coefficient (Wildman–Crippen LogP) is 3.38. The lowest BCUT2D eigenvalue weighted by Gasteiger charge is -2.07. The van der Waals surface area contributed by atoms with E-state index < -0.39 is 29.4 Å². The van der Waals surface area contributed by atoms with E-state index in [1.807, 2.05) is 0 Å². The van der Waals surface area contributed by atoms with Crippen molar-refractivity contribution in [1.29, 1.82) is 0 Å². The Bertz CT molecular complexity index is 898. The van der Waals surface area contributed by atoms with Crippen molar-refractivity contribution in [2.45, 2.75) is 13.3 Å². The summed E-state index contributed by atoms with van der Waals surface area (Å²) in [6, 6.07) is 9.35. The van der Waals surface area contributed by atoms with Crippen LogP contribution in [0.1, 0.15) is 23.7 Å². The first-order chi connectivity index (χ1) is 12.3. The first-order valence-corrected chi connectivity index (χ1v) is 8.03. The van der Waals surface area contributed by atoms with Crippen molar-refractivity contribution in [3.63, 3.8) is 0 Å². The van der Waals surface area contributed by atoms with E-state index >= 15 is 0 Å². The zero-order chi connectivity index (χ0) is 18.8. The van der Waals surface area contributed by atoms with E-state index in [0.717, 1.165) is 12.1 Å². The van der Waals surface area contributed by atoms with Crippen LogP contribution in [-0.2, 0) is 9.59 Å². The number of nitrogens with one attached hydrogen (secondary N) is 2. The van der Waals surface area contributed by atoms with Crippen LogP contribution in [0.25, 0.3) is 0 Å². The van der Waals surface area contributed by atoms with Crippen LogP contribution in [0.2, 0.25) is 0 Å². The molecular formula is C19H16F2N2O3. The molecule has 0 radical (unpaired) electrons. The normalized spacial score (nSPS) is 18.1. The maximum Gasteiger partial charge on any atom is 0.228 e. The van der Waals surface area contributed by atoms with Gasteiger partial charge in [0.2, 0.25) is 11.8 Å². The molecule has 0 aliphatic heterocycles. The monoisotopic (exact) mass is 358 g/mol. The number of Topliss-reactive ketones (excluding diaryl/α,β-unsaturated/α-hetero) is 1. The van der Waals surface area contributed by atoms with E-state index in [2.05, 4.69) is 10.6 Å². The van der Waals surface area contributed by atoms with E-state index in [0.29, 0.717) is 23.7 Å². The number of hydrogen-bond donors (Lipinski definition) is 2. The van der Waals surface area contributed by atoms with Gasteiger partial charge in [0.25, 0.3) is 0 Å². The van der Waals surface area contributed by atoms with Gasteiger partial charge in [-0.25, -0.2) is 8.78 Å². The Morgan fingerprint density at radius 1 is 0.962 bits per heavy atom. The lowest BCUT2D eigenvalue weighted by atomic mass is 10.1. The minimum absolute atomic E-state index is 0.119. The molecule has 7 heteroatoms. The Balaban J connectivity index is 1.59. The van der Waals surface area contributed by atoms with Gasteiger partial charge in [-0.1, -0.05) is 12.1 Å². The molecule has 2 aromatic rings. The van der Waals surface area contributed by atoms with Crippen LogP contribution in [0.3, 0.4) is 0 Å². The van der Waals surface area contributed by atoms with E-state index in [-0.39, 0.29) is 17.4 Å². The molecule has 0 aromatic heterocycles. The third-order valence-corrected chi connectivity index (χ3v) is 4.19. The average Bonchev–Trinajstić information content (AvgIpc) is 3.38. The maximum absolute atomic E-state index is 13.6. The third kappa shape index (κ3) is 3.93. The molecule has 2 atom stereocenters. The SMILES string of the molecule is CC(=O)c1cccc(NC(=O)C2CC2C(=O)Nc2ccc(F)cc2F)c1. The summed E-state index contributed by atoms with van der Waals surface area (Å²) in [7, 11) is 0. The fourth-order valence-corrected chi connectivity index (χ4v) is 2.64. The van der Waals surface area contributed by atoms with Gasteiger partial charge in [0, 0.05) is 17.3 Å². The highest BCUT2D eigenvalue weighted by molar-refractivity contribution is 6.04. The number of carbonyl (C=O) groups is 3. The van der Waals surface area contributed by atoms with Crippen molar-refractivity contribution in [3.05, 3.63) is 59.7 Å². The second-order valence-electron chi connectivity index (χ2n) is 6.19. The van der Waals surface area contributed by atoms with Gasteiger partial charge in [-0.3, -0.25) is 14.4 Å². The van der Waals surface area contributed by atoms with Crippen molar-refractivity contribution in [2.24, 2.45) is 11.8 Å². The molecule has 3 rings (SSSR count). The fourth-order valence-electron chi connectivity index (χ4n) is 2.64. The van der Waals surface area contributed by atoms with Crippen LogP contribution >= 0.6 is 0 Å². The Morgan fingerprint density at radius 3 is 2.31 bits per heavy atom. The number of anilines is 2. The van der Waals surface area contributed by atoms with E-state index in [4.69, 9.17) is 0 Å². The van der Waals surface area contributed by atoms with Gasteiger partial charge in [-0.15, -0.1) is 0 Å². The maximum atomic E-state index is 13.6. The second-order valence-corrected chi connectivity index (χ2v) is 6.19. The molecule has 2 amide bonds. The molecule has 2 N–H and O–H groups in total. The molecule has 0 heterocycles. The van der Waals surface area contributed by atoms with Gasteiger partial charge in [0.1, 0.15) is 11.6 Å². The van der Waals surface area contributed by atoms with Crippen LogP contribution < -0.4 is 10.6 Å². The summed E-state index contributed by atoms with van der Waals surface area (Å²) in [5, 5.41) is 5.04. The molecule has 1 aliphatic rings. The summed E-state index contributed by atoms with van der Waals surface area (Å²) in [6.07, 6.45) is 0.340. The number of ketones is 1. The average molecular weight is 358 g/mol. The summed E-state index contributed by atoms with van der Waals surface area (Å²) >= 11 is 0. The van der Waals surface area contributed by atoms with Crippen LogP contribution in [0.15, 0.2) is 42.5 Å². The number of carbonyl (C=O) groups excluding carboxylic acids is 3. The third-order valence-electron chi connectivity index (χ3n) is 4.19. The van der Waals surface area contributed by atoms with Gasteiger partial charge in [-0.05, 0) is 37.6 Å². The van der Waals surface area contributed by atoms with Crippen molar-refractivity contribution in [3.8, 4) is 0 Å². The lowest BCUT2D eigenvalue weighted by Crippen LogP contribution is -2.21. The Kier molecular flexibility index (Phi) is 4.79. The van der Waals surface area contributed by atoms with Gasteiger partial charge in [0.15, 0.2) is 5.78 Å². The molecule has 0 bridgehead atoms. The summed E-state index contributed by atoms with van der Waals surface area (Å²) < 4.78 is 26.5. The van der Waals surface area contributed by atoms with Crippen molar-refractivity contribution < 1.29 is 23.2 Å². The van der Waals surface area contributed by atoms with Gasteiger partial charge in [-0.2, -0.15) is 0 Å². The minimum Gasteiger partial charge on any atom is -0.326 e. The molecule has 5 nitrogen and oxygen atoms in total. The molecule has 0 spiro atoms. The summed E-state index contributed by atoms with van der Waals surface area (Å²) in [6.45, 7) is 1.43. The number of amides is 2. The number of hydrogen-bond acceptors (Lipinski definition) is 3. The zero-order valence-electron chi connectivity index (χ0n) is 13.9. The van der Waals surface area contributed by atoms with E-state index in [9.17, 15) is 23.2 Å². The van der Waals surface area contributed by atoms with E-state index in [1.165, 1.54) is 6.92 Å². The minimum atomic E-state index is -0.874. The Hall–Kier alpha value is -3.09. The number of benzene rings is 2. The predicted molar refractivity (Wildman–Crippen MR) is 91.7 cm³/mol. The molecule has 2 aromatic carbocycles. The first kappa shape index (κ1) is 17.7. The van der Waals surface area contributed by atoms with Crippen molar-refractivity contribution in [1.82, 2.24) is 0 Å². The highest BCUT2D eigenvalue weighted by Gasteiger charge is 2.48. The molecular weight excluding hydrogens is 342 g/mol. The highest BCUT2D eigenvalue weighted by Crippen LogP contribution is 2.40. The van der Waals surface area contributed by atoms with Crippen molar-refractivity contribution in [2.75, 3.05) is 10.6 Å². The summed E-state index contributed by atoms with van der Waals surface area (Å²) in [5.74, 6) is -3.67. The van der Waals surface area contributed by atoms with Gasteiger partial charge >= 0.3 is 0 Å². The Morgan fingerprint density at radius 2 is 1.65 bits per heavy atom. The summed E-state index contributed by atoms with van der Waals surface area (Å²) in [5.41, 5.74) is 0.814. The standard InChI is InChI=1S/C19H16F2N2O3/c1-10(24)11-3-2-4-13(7-11)22-18(25)14-9-15(14)19(26)23-17-6-5-12(20)8-16(17)21/h2-8,14-15H,9H2,1H3,(H,22,25)(H,23,26). The van der Waals surface area contributed by atoms with E-state index in [1.54, 1.807) is 24.3 Å². The van der Waals surface area contributed by atoms with Crippen LogP contribution in [0, 0.1) is 23.5 Å². The largest absolute Gasteiger partial charge is 0.326 e.